The summed E-state index contributed by atoms with van der Waals surface area (Å²) in [7, 11) is 1.54. The van der Waals surface area contributed by atoms with Crippen LogP contribution >= 0.6 is 11.6 Å². The van der Waals surface area contributed by atoms with Crippen LogP contribution in [-0.2, 0) is 4.79 Å². The predicted molar refractivity (Wildman–Crippen MR) is 92.6 cm³/mol. The van der Waals surface area contributed by atoms with E-state index in [1.54, 1.807) is 32.2 Å². The molecule has 0 aromatic heterocycles. The molecule has 0 bridgehead atoms. The van der Waals surface area contributed by atoms with Gasteiger partial charge in [-0.25, -0.2) is 0 Å². The maximum atomic E-state index is 12.3. The van der Waals surface area contributed by atoms with E-state index in [2.05, 4.69) is 5.32 Å². The van der Waals surface area contributed by atoms with E-state index in [1.165, 1.54) is 0 Å². The molecule has 0 aliphatic heterocycles. The summed E-state index contributed by atoms with van der Waals surface area (Å²) in [5, 5.41) is 3.23. The highest BCUT2D eigenvalue weighted by Gasteiger charge is 2.17. The van der Waals surface area contributed by atoms with E-state index in [4.69, 9.17) is 21.1 Å². The minimum Gasteiger partial charge on any atom is -0.495 e. The average Bonchev–Trinajstić information content (AvgIpc) is 2.51. The third-order valence-electron chi connectivity index (χ3n) is 3.49. The lowest BCUT2D eigenvalue weighted by molar-refractivity contribution is -0.122. The highest BCUT2D eigenvalue weighted by Crippen LogP contribution is 2.28. The molecule has 0 saturated heterocycles. The van der Waals surface area contributed by atoms with Gasteiger partial charge in [-0.05, 0) is 50.1 Å². The van der Waals surface area contributed by atoms with Gasteiger partial charge in [0.25, 0.3) is 5.91 Å². The molecule has 0 unspecified atom stereocenters. The Morgan fingerprint density at radius 1 is 1.17 bits per heavy atom. The van der Waals surface area contributed by atoms with Crippen molar-refractivity contribution >= 4 is 23.2 Å². The highest BCUT2D eigenvalue weighted by molar-refractivity contribution is 6.32. The summed E-state index contributed by atoms with van der Waals surface area (Å²) in [6.07, 6.45) is -0.629. The van der Waals surface area contributed by atoms with Gasteiger partial charge in [0.1, 0.15) is 11.5 Å². The van der Waals surface area contributed by atoms with Gasteiger partial charge in [-0.3, -0.25) is 4.79 Å². The number of aryl methyl sites for hydroxylation is 2. The van der Waals surface area contributed by atoms with Crippen molar-refractivity contribution in [3.63, 3.8) is 0 Å². The predicted octanol–water partition coefficient (Wildman–Crippen LogP) is 4.37. The number of nitrogens with one attached hydrogen (secondary N) is 1. The minimum absolute atomic E-state index is 0.242. The van der Waals surface area contributed by atoms with E-state index in [9.17, 15) is 4.79 Å². The van der Waals surface area contributed by atoms with Crippen molar-refractivity contribution in [2.75, 3.05) is 12.4 Å². The molecule has 122 valence electrons. The Labute approximate surface area is 141 Å². The SMILES string of the molecule is COc1ccc(NC(=O)[C@@H](C)Oc2c(C)cccc2C)cc1Cl. The number of carbonyl (C=O) groups is 1. The van der Waals surface area contributed by atoms with Crippen LogP contribution in [0.5, 0.6) is 11.5 Å². The summed E-state index contributed by atoms with van der Waals surface area (Å²) in [5.41, 5.74) is 2.59. The van der Waals surface area contributed by atoms with Crippen LogP contribution in [0.25, 0.3) is 0 Å². The Morgan fingerprint density at radius 2 is 1.83 bits per heavy atom. The fourth-order valence-electron chi connectivity index (χ4n) is 2.20. The summed E-state index contributed by atoms with van der Waals surface area (Å²) in [6.45, 7) is 5.62. The molecule has 0 aliphatic carbocycles. The number of ether oxygens (including phenoxy) is 2. The zero-order valence-electron chi connectivity index (χ0n) is 13.6. The molecule has 1 atom stereocenters. The number of rotatable bonds is 5. The van der Waals surface area contributed by atoms with E-state index in [0.29, 0.717) is 16.5 Å². The van der Waals surface area contributed by atoms with Gasteiger partial charge >= 0.3 is 0 Å². The maximum absolute atomic E-state index is 12.3. The quantitative estimate of drug-likeness (QED) is 0.883. The maximum Gasteiger partial charge on any atom is 0.265 e. The summed E-state index contributed by atoms with van der Waals surface area (Å²) in [4.78, 5) is 12.3. The normalized spacial score (nSPS) is 11.7. The van der Waals surface area contributed by atoms with Crippen molar-refractivity contribution < 1.29 is 14.3 Å². The number of methoxy groups -OCH3 is 1. The van der Waals surface area contributed by atoms with Crippen LogP contribution in [0.3, 0.4) is 0 Å². The van der Waals surface area contributed by atoms with Crippen LogP contribution in [0, 0.1) is 13.8 Å². The summed E-state index contributed by atoms with van der Waals surface area (Å²) in [5.74, 6) is 1.06. The van der Waals surface area contributed by atoms with Crippen molar-refractivity contribution in [1.29, 1.82) is 0 Å². The first kappa shape index (κ1) is 17.2. The molecular weight excluding hydrogens is 314 g/mol. The van der Waals surface area contributed by atoms with Gasteiger partial charge in [-0.2, -0.15) is 0 Å². The van der Waals surface area contributed by atoms with E-state index >= 15 is 0 Å². The fourth-order valence-corrected chi connectivity index (χ4v) is 2.46. The third kappa shape index (κ3) is 4.17. The van der Waals surface area contributed by atoms with Crippen LogP contribution in [0.2, 0.25) is 5.02 Å². The van der Waals surface area contributed by atoms with Crippen LogP contribution in [0.1, 0.15) is 18.1 Å². The van der Waals surface area contributed by atoms with Crippen molar-refractivity contribution in [3.8, 4) is 11.5 Å². The van der Waals surface area contributed by atoms with Gasteiger partial charge in [0.05, 0.1) is 12.1 Å². The molecule has 0 aliphatic rings. The van der Waals surface area contributed by atoms with Gasteiger partial charge in [-0.15, -0.1) is 0 Å². The number of benzene rings is 2. The molecule has 1 amide bonds. The lowest BCUT2D eigenvalue weighted by atomic mass is 10.1. The van der Waals surface area contributed by atoms with Gasteiger partial charge in [-0.1, -0.05) is 29.8 Å². The first-order chi connectivity index (χ1) is 10.9. The Balaban J connectivity index is 2.07. The van der Waals surface area contributed by atoms with Crippen LogP contribution in [-0.4, -0.2) is 19.1 Å². The molecule has 23 heavy (non-hydrogen) atoms. The molecule has 0 saturated carbocycles. The summed E-state index contributed by atoms with van der Waals surface area (Å²) < 4.78 is 10.9. The number of hydrogen-bond donors (Lipinski definition) is 1. The number of carbonyl (C=O) groups excluding carboxylic acids is 1. The molecule has 5 heteroatoms. The van der Waals surface area contributed by atoms with E-state index in [0.717, 1.165) is 16.9 Å². The molecule has 0 heterocycles. The van der Waals surface area contributed by atoms with Crippen molar-refractivity contribution in [1.82, 2.24) is 0 Å². The molecule has 2 aromatic rings. The zero-order valence-corrected chi connectivity index (χ0v) is 14.4. The Morgan fingerprint density at radius 3 is 2.39 bits per heavy atom. The van der Waals surface area contributed by atoms with Gasteiger partial charge < -0.3 is 14.8 Å². The lowest BCUT2D eigenvalue weighted by Gasteiger charge is -2.18. The smallest absolute Gasteiger partial charge is 0.265 e. The van der Waals surface area contributed by atoms with E-state index < -0.39 is 6.10 Å². The minimum atomic E-state index is -0.629. The highest BCUT2D eigenvalue weighted by atomic mass is 35.5. The molecule has 0 radical (unpaired) electrons. The first-order valence-electron chi connectivity index (χ1n) is 7.29. The largest absolute Gasteiger partial charge is 0.495 e. The Kier molecular flexibility index (Phi) is 5.50. The van der Waals surface area contributed by atoms with Crippen molar-refractivity contribution in [2.24, 2.45) is 0 Å². The number of para-hydroxylation sites is 1. The van der Waals surface area contributed by atoms with Crippen LogP contribution in [0.15, 0.2) is 36.4 Å². The summed E-state index contributed by atoms with van der Waals surface area (Å²) >= 11 is 6.06. The molecule has 1 N–H and O–H groups in total. The lowest BCUT2D eigenvalue weighted by Crippen LogP contribution is -2.30. The third-order valence-corrected chi connectivity index (χ3v) is 3.79. The number of amides is 1. The number of halogens is 1. The second kappa shape index (κ2) is 7.38. The molecule has 2 rings (SSSR count). The topological polar surface area (TPSA) is 47.6 Å². The first-order valence-corrected chi connectivity index (χ1v) is 7.67. The van der Waals surface area contributed by atoms with Gasteiger partial charge in [0, 0.05) is 5.69 Å². The summed E-state index contributed by atoms with van der Waals surface area (Å²) in [6, 6.07) is 10.9. The zero-order chi connectivity index (χ0) is 17.0. The average molecular weight is 334 g/mol. The second-order valence-corrected chi connectivity index (χ2v) is 5.73. The standard InChI is InChI=1S/C18H20ClNO3/c1-11-6-5-7-12(2)17(11)23-13(3)18(21)20-14-8-9-16(22-4)15(19)10-14/h5-10,13H,1-4H3,(H,20,21)/t13-/m1/s1. The van der Waals surface area contributed by atoms with E-state index in [-0.39, 0.29) is 5.91 Å². The number of hydrogen-bond acceptors (Lipinski definition) is 3. The van der Waals surface area contributed by atoms with Crippen LogP contribution in [0.4, 0.5) is 5.69 Å². The Bertz CT molecular complexity index is 695. The fraction of sp³-hybridized carbons (Fsp3) is 0.278. The Hall–Kier alpha value is -2.20. The molecule has 2 aromatic carbocycles. The molecule has 0 spiro atoms. The second-order valence-electron chi connectivity index (χ2n) is 5.32. The molecule has 4 nitrogen and oxygen atoms in total. The molecular formula is C18H20ClNO3. The van der Waals surface area contributed by atoms with Crippen LogP contribution < -0.4 is 14.8 Å². The van der Waals surface area contributed by atoms with Gasteiger partial charge in [0.2, 0.25) is 0 Å². The molecule has 0 fully saturated rings. The monoisotopic (exact) mass is 333 g/mol. The van der Waals surface area contributed by atoms with E-state index in [1.807, 2.05) is 32.0 Å². The van der Waals surface area contributed by atoms with Crippen molar-refractivity contribution in [2.45, 2.75) is 26.9 Å². The number of anilines is 1. The van der Waals surface area contributed by atoms with Gasteiger partial charge in [0.15, 0.2) is 6.10 Å². The van der Waals surface area contributed by atoms with Crippen molar-refractivity contribution in [3.05, 3.63) is 52.5 Å².